The summed E-state index contributed by atoms with van der Waals surface area (Å²) in [4.78, 5) is 26.2. The zero-order valence-corrected chi connectivity index (χ0v) is 14.2. The second-order valence-electron chi connectivity index (χ2n) is 6.67. The molecule has 1 aliphatic carbocycles. The molecule has 1 spiro atoms. The van der Waals surface area contributed by atoms with Crippen molar-refractivity contribution in [2.75, 3.05) is 6.54 Å². The fourth-order valence-corrected chi connectivity index (χ4v) is 4.64. The smallest absolute Gasteiger partial charge is 0.224 e. The molecule has 1 saturated heterocycles. The highest BCUT2D eigenvalue weighted by molar-refractivity contribution is 7.07. The average Bonchev–Trinajstić information content (AvgIpc) is 3.14. The van der Waals surface area contributed by atoms with Gasteiger partial charge < -0.3 is 10.2 Å². The highest BCUT2D eigenvalue weighted by atomic mass is 32.1. The van der Waals surface area contributed by atoms with Gasteiger partial charge in [-0.1, -0.05) is 6.08 Å². The first kappa shape index (κ1) is 16.2. The van der Waals surface area contributed by atoms with Gasteiger partial charge in [0.25, 0.3) is 0 Å². The van der Waals surface area contributed by atoms with E-state index in [0.717, 1.165) is 37.7 Å². The van der Waals surface area contributed by atoms with Crippen LogP contribution in [0.2, 0.25) is 0 Å². The van der Waals surface area contributed by atoms with Crippen LogP contribution in [0.4, 0.5) is 0 Å². The molecule has 23 heavy (non-hydrogen) atoms. The number of carbonyl (C=O) groups excluding carboxylic acids is 2. The number of hydrogen-bond donors (Lipinski definition) is 1. The van der Waals surface area contributed by atoms with Gasteiger partial charge in [0.05, 0.1) is 6.42 Å². The summed E-state index contributed by atoms with van der Waals surface area (Å²) in [5.41, 5.74) is 1.10. The Balaban J connectivity index is 1.53. The number of likely N-dealkylation sites (tertiary alicyclic amines) is 1. The second kappa shape index (κ2) is 6.87. The van der Waals surface area contributed by atoms with Gasteiger partial charge in [0, 0.05) is 24.5 Å². The van der Waals surface area contributed by atoms with E-state index in [9.17, 15) is 9.59 Å². The zero-order valence-electron chi connectivity index (χ0n) is 13.4. The van der Waals surface area contributed by atoms with Crippen LogP contribution in [0.3, 0.4) is 0 Å². The van der Waals surface area contributed by atoms with Gasteiger partial charge >= 0.3 is 0 Å². The van der Waals surface area contributed by atoms with Crippen molar-refractivity contribution in [3.05, 3.63) is 35.0 Å². The molecular formula is C18H24N2O2S. The van der Waals surface area contributed by atoms with Crippen molar-refractivity contribution in [1.29, 1.82) is 0 Å². The van der Waals surface area contributed by atoms with Crippen molar-refractivity contribution >= 4 is 23.2 Å². The highest BCUT2D eigenvalue weighted by Crippen LogP contribution is 2.42. The fraction of sp³-hybridized carbons (Fsp3) is 0.556. The van der Waals surface area contributed by atoms with Gasteiger partial charge in [-0.25, -0.2) is 0 Å². The lowest BCUT2D eigenvalue weighted by Crippen LogP contribution is -2.51. The topological polar surface area (TPSA) is 49.4 Å². The molecule has 1 N–H and O–H groups in total. The van der Waals surface area contributed by atoms with E-state index in [0.29, 0.717) is 19.4 Å². The summed E-state index contributed by atoms with van der Waals surface area (Å²) in [6, 6.07) is 2.24. The van der Waals surface area contributed by atoms with Crippen LogP contribution in [0.5, 0.6) is 0 Å². The minimum atomic E-state index is 0.0137. The molecule has 5 heteroatoms. The molecule has 1 aliphatic heterocycles. The molecule has 1 aromatic heterocycles. The van der Waals surface area contributed by atoms with E-state index in [-0.39, 0.29) is 23.4 Å². The summed E-state index contributed by atoms with van der Waals surface area (Å²) in [5, 5.41) is 7.18. The van der Waals surface area contributed by atoms with Crippen molar-refractivity contribution in [3.63, 3.8) is 0 Å². The summed E-state index contributed by atoms with van der Waals surface area (Å²) < 4.78 is 0. The number of nitrogens with one attached hydrogen (secondary N) is 1. The van der Waals surface area contributed by atoms with Crippen LogP contribution in [0, 0.1) is 0 Å². The molecule has 124 valence electrons. The molecule has 2 aliphatic rings. The Kier molecular flexibility index (Phi) is 4.85. The number of rotatable bonds is 5. The third kappa shape index (κ3) is 3.50. The summed E-state index contributed by atoms with van der Waals surface area (Å²) >= 11 is 1.62. The van der Waals surface area contributed by atoms with Crippen LogP contribution < -0.4 is 5.32 Å². The molecule has 2 heterocycles. The first-order valence-electron chi connectivity index (χ1n) is 8.35. The quantitative estimate of drug-likeness (QED) is 0.843. The molecule has 0 aromatic carbocycles. The zero-order chi connectivity index (χ0) is 16.3. The first-order valence-corrected chi connectivity index (χ1v) is 9.29. The predicted molar refractivity (Wildman–Crippen MR) is 92.3 cm³/mol. The van der Waals surface area contributed by atoms with Crippen molar-refractivity contribution in [1.82, 2.24) is 10.2 Å². The Morgan fingerprint density at radius 3 is 2.87 bits per heavy atom. The van der Waals surface area contributed by atoms with Gasteiger partial charge in [-0.15, -0.1) is 6.58 Å². The van der Waals surface area contributed by atoms with Crippen LogP contribution in [0.1, 0.15) is 44.1 Å². The van der Waals surface area contributed by atoms with Crippen LogP contribution in [0.15, 0.2) is 29.5 Å². The van der Waals surface area contributed by atoms with Crippen molar-refractivity contribution in [2.45, 2.75) is 56.5 Å². The van der Waals surface area contributed by atoms with E-state index < -0.39 is 0 Å². The summed E-state index contributed by atoms with van der Waals surface area (Å²) in [6.07, 6.45) is 7.77. The molecule has 4 nitrogen and oxygen atoms in total. The van der Waals surface area contributed by atoms with Crippen LogP contribution >= 0.6 is 11.3 Å². The van der Waals surface area contributed by atoms with Gasteiger partial charge in [-0.05, 0) is 54.5 Å². The molecule has 2 fully saturated rings. The third-order valence-corrected chi connectivity index (χ3v) is 5.95. The largest absolute Gasteiger partial charge is 0.353 e. The number of hydrogen-bond acceptors (Lipinski definition) is 3. The Morgan fingerprint density at radius 1 is 1.43 bits per heavy atom. The maximum atomic E-state index is 12.1. The van der Waals surface area contributed by atoms with E-state index in [4.69, 9.17) is 0 Å². The minimum Gasteiger partial charge on any atom is -0.353 e. The van der Waals surface area contributed by atoms with Crippen molar-refractivity contribution in [3.8, 4) is 0 Å². The minimum absolute atomic E-state index is 0.0137. The van der Waals surface area contributed by atoms with Gasteiger partial charge in [-0.2, -0.15) is 11.3 Å². The fourth-order valence-electron chi connectivity index (χ4n) is 3.98. The molecule has 1 saturated carbocycles. The molecule has 0 atom stereocenters. The molecule has 0 bridgehead atoms. The SMILES string of the molecule is C=CCN1C(=O)CCC12CCC(NC(=O)Cc1ccsc1)CC2. The third-order valence-electron chi connectivity index (χ3n) is 5.22. The van der Waals surface area contributed by atoms with Gasteiger partial charge in [0.15, 0.2) is 0 Å². The Bertz CT molecular complexity index is 574. The van der Waals surface area contributed by atoms with Crippen LogP contribution in [-0.2, 0) is 16.0 Å². The van der Waals surface area contributed by atoms with E-state index in [1.165, 1.54) is 0 Å². The van der Waals surface area contributed by atoms with E-state index in [1.807, 2.05) is 27.8 Å². The van der Waals surface area contributed by atoms with Gasteiger partial charge in [0.1, 0.15) is 0 Å². The van der Waals surface area contributed by atoms with Crippen molar-refractivity contribution in [2.24, 2.45) is 0 Å². The molecule has 0 radical (unpaired) electrons. The Hall–Kier alpha value is -1.62. The molecule has 1 aromatic rings. The maximum Gasteiger partial charge on any atom is 0.224 e. The maximum absolute atomic E-state index is 12.1. The van der Waals surface area contributed by atoms with E-state index in [2.05, 4.69) is 11.9 Å². The van der Waals surface area contributed by atoms with Crippen LogP contribution in [0.25, 0.3) is 0 Å². The van der Waals surface area contributed by atoms with Gasteiger partial charge in [0.2, 0.25) is 11.8 Å². The van der Waals surface area contributed by atoms with Crippen LogP contribution in [-0.4, -0.2) is 34.8 Å². The average molecular weight is 332 g/mol. The lowest BCUT2D eigenvalue weighted by molar-refractivity contribution is -0.132. The number of thiophene rings is 1. The Labute approximate surface area is 141 Å². The summed E-state index contributed by atoms with van der Waals surface area (Å²) in [6.45, 7) is 4.42. The molecule has 0 unspecified atom stereocenters. The second-order valence-corrected chi connectivity index (χ2v) is 7.45. The lowest BCUT2D eigenvalue weighted by Gasteiger charge is -2.43. The lowest BCUT2D eigenvalue weighted by atomic mass is 9.77. The van der Waals surface area contributed by atoms with E-state index >= 15 is 0 Å². The first-order chi connectivity index (χ1) is 11.1. The molecular weight excluding hydrogens is 308 g/mol. The van der Waals surface area contributed by atoms with E-state index in [1.54, 1.807) is 11.3 Å². The molecule has 3 rings (SSSR count). The summed E-state index contributed by atoms with van der Waals surface area (Å²) in [5.74, 6) is 0.361. The molecule has 2 amide bonds. The number of carbonyl (C=O) groups is 2. The number of nitrogens with zero attached hydrogens (tertiary/aromatic N) is 1. The van der Waals surface area contributed by atoms with Crippen molar-refractivity contribution < 1.29 is 9.59 Å². The Morgan fingerprint density at radius 2 is 2.22 bits per heavy atom. The summed E-state index contributed by atoms with van der Waals surface area (Å²) in [7, 11) is 0. The normalized spacial score (nSPS) is 27.4. The monoisotopic (exact) mass is 332 g/mol. The van der Waals surface area contributed by atoms with Gasteiger partial charge in [-0.3, -0.25) is 9.59 Å². The standard InChI is InChI=1S/C18H24N2O2S/c1-2-10-20-17(22)5-9-18(20)7-3-15(4-8-18)19-16(21)12-14-6-11-23-13-14/h2,6,11,13,15H,1,3-5,7-10,12H2,(H,19,21). The highest BCUT2D eigenvalue weighted by Gasteiger charge is 2.46. The predicted octanol–water partition coefficient (Wildman–Crippen LogP) is 2.90. The number of amides is 2.